The molecule has 1 aliphatic carbocycles. The van der Waals surface area contributed by atoms with Crippen molar-refractivity contribution < 1.29 is 4.79 Å². The molecule has 0 unspecified atom stereocenters. The quantitative estimate of drug-likeness (QED) is 0.779. The van der Waals surface area contributed by atoms with Crippen LogP contribution >= 0.6 is 0 Å². The Balaban J connectivity index is 2.14. The number of H-pyrrole nitrogens is 1. The van der Waals surface area contributed by atoms with Gasteiger partial charge in [0.2, 0.25) is 6.41 Å². The van der Waals surface area contributed by atoms with E-state index in [2.05, 4.69) is 16.4 Å². The number of rotatable bonds is 2. The lowest BCUT2D eigenvalue weighted by atomic mass is 9.97. The second-order valence-corrected chi connectivity index (χ2v) is 4.99. The number of amides is 1. The van der Waals surface area contributed by atoms with Crippen molar-refractivity contribution in [3.8, 4) is 0 Å². The van der Waals surface area contributed by atoms with Gasteiger partial charge in [-0.25, -0.2) is 0 Å². The van der Waals surface area contributed by atoms with Crippen LogP contribution in [-0.4, -0.2) is 11.4 Å². The van der Waals surface area contributed by atoms with Gasteiger partial charge in [0.25, 0.3) is 0 Å². The highest BCUT2D eigenvalue weighted by Crippen LogP contribution is 2.31. The molecule has 0 fully saturated rings. The fraction of sp³-hybridized carbons (Fsp3) is 0.400. The van der Waals surface area contributed by atoms with Crippen LogP contribution in [0.5, 0.6) is 0 Å². The molecule has 1 aromatic carbocycles. The molecule has 0 saturated heterocycles. The summed E-state index contributed by atoms with van der Waals surface area (Å²) in [7, 11) is 0. The van der Waals surface area contributed by atoms with E-state index in [1.165, 1.54) is 42.3 Å². The maximum atomic E-state index is 10.6. The summed E-state index contributed by atoms with van der Waals surface area (Å²) in [5.41, 5.74) is 4.79. The molecule has 0 saturated carbocycles. The van der Waals surface area contributed by atoms with Crippen LogP contribution in [0.2, 0.25) is 0 Å². The molecular weight excluding hydrogens is 224 g/mol. The van der Waals surface area contributed by atoms with Crippen LogP contribution in [-0.2, 0) is 17.6 Å². The van der Waals surface area contributed by atoms with Gasteiger partial charge in [0.1, 0.15) is 0 Å². The summed E-state index contributed by atoms with van der Waals surface area (Å²) < 4.78 is 0. The molecule has 18 heavy (non-hydrogen) atoms. The summed E-state index contributed by atoms with van der Waals surface area (Å²) in [6.07, 6.45) is 8.21. The molecule has 2 N–H and O–H groups in total. The number of nitrogens with one attached hydrogen (secondary N) is 2. The number of aromatic amines is 1. The maximum Gasteiger partial charge on any atom is 0.211 e. The molecule has 1 aliphatic rings. The van der Waals surface area contributed by atoms with Gasteiger partial charge in [-0.05, 0) is 37.3 Å². The van der Waals surface area contributed by atoms with Crippen molar-refractivity contribution in [2.75, 3.05) is 5.32 Å². The largest absolute Gasteiger partial charge is 0.356 e. The van der Waals surface area contributed by atoms with Crippen molar-refractivity contribution in [2.24, 2.45) is 0 Å². The Hall–Kier alpha value is -1.77. The first-order valence-corrected chi connectivity index (χ1v) is 6.73. The minimum absolute atomic E-state index is 0.743. The normalized spacial score (nSPS) is 15.8. The Bertz CT molecular complexity index is 571. The molecule has 0 atom stereocenters. The van der Waals surface area contributed by atoms with E-state index in [1.807, 2.05) is 12.1 Å². The van der Waals surface area contributed by atoms with Crippen molar-refractivity contribution in [2.45, 2.75) is 38.5 Å². The monoisotopic (exact) mass is 242 g/mol. The van der Waals surface area contributed by atoms with Crippen molar-refractivity contribution in [1.29, 1.82) is 0 Å². The Labute approximate surface area is 107 Å². The highest BCUT2D eigenvalue weighted by atomic mass is 16.1. The van der Waals surface area contributed by atoms with Crippen LogP contribution in [0.3, 0.4) is 0 Å². The number of aryl methyl sites for hydroxylation is 2. The zero-order valence-electron chi connectivity index (χ0n) is 10.5. The molecule has 0 aliphatic heterocycles. The number of fused-ring (bicyclic) bond motifs is 3. The van der Waals surface area contributed by atoms with E-state index < -0.39 is 0 Å². The first kappa shape index (κ1) is 11.3. The van der Waals surface area contributed by atoms with E-state index in [1.54, 1.807) is 0 Å². The average Bonchev–Trinajstić information content (AvgIpc) is 2.68. The third kappa shape index (κ3) is 1.90. The van der Waals surface area contributed by atoms with Crippen LogP contribution < -0.4 is 5.32 Å². The van der Waals surface area contributed by atoms with Crippen LogP contribution in [0.4, 0.5) is 5.69 Å². The van der Waals surface area contributed by atoms with Gasteiger partial charge in [-0.3, -0.25) is 4.79 Å². The van der Waals surface area contributed by atoms with E-state index in [0.29, 0.717) is 0 Å². The third-order valence-corrected chi connectivity index (χ3v) is 3.85. The number of carbonyl (C=O) groups excluding carboxylic acids is 1. The molecule has 2 aromatic rings. The van der Waals surface area contributed by atoms with Gasteiger partial charge in [-0.15, -0.1) is 0 Å². The molecule has 1 amide bonds. The molecule has 1 heterocycles. The Morgan fingerprint density at radius 3 is 2.78 bits per heavy atom. The second-order valence-electron chi connectivity index (χ2n) is 4.99. The van der Waals surface area contributed by atoms with Gasteiger partial charge in [0, 0.05) is 11.1 Å². The summed E-state index contributed by atoms with van der Waals surface area (Å²) in [6, 6.07) is 6.11. The zero-order chi connectivity index (χ0) is 12.4. The molecule has 3 rings (SSSR count). The number of para-hydroxylation sites is 1. The molecule has 1 aromatic heterocycles. The Morgan fingerprint density at radius 1 is 1.11 bits per heavy atom. The number of hydrogen-bond acceptors (Lipinski definition) is 1. The predicted octanol–water partition coefficient (Wildman–Crippen LogP) is 3.40. The fourth-order valence-corrected chi connectivity index (χ4v) is 2.97. The lowest BCUT2D eigenvalue weighted by Crippen LogP contribution is -1.97. The van der Waals surface area contributed by atoms with Gasteiger partial charge in [-0.1, -0.05) is 25.0 Å². The smallest absolute Gasteiger partial charge is 0.211 e. The second kappa shape index (κ2) is 4.84. The lowest BCUT2D eigenvalue weighted by molar-refractivity contribution is -0.105. The number of anilines is 1. The van der Waals surface area contributed by atoms with Crippen molar-refractivity contribution in [1.82, 2.24) is 4.98 Å². The van der Waals surface area contributed by atoms with Gasteiger partial charge in [-0.2, -0.15) is 0 Å². The van der Waals surface area contributed by atoms with Gasteiger partial charge in [0.15, 0.2) is 0 Å². The minimum Gasteiger partial charge on any atom is -0.356 e. The number of benzene rings is 1. The van der Waals surface area contributed by atoms with E-state index in [0.717, 1.165) is 30.5 Å². The SMILES string of the molecule is O=CNc1cccc2c3c([nH]c12)CCCCCC3. The Kier molecular flexibility index (Phi) is 3.05. The standard InChI is InChI=1S/C15H18N2O/c18-10-16-14-9-5-7-12-11-6-3-1-2-4-8-13(11)17-15(12)14/h5,7,9-10,17H,1-4,6,8H2,(H,16,18). The highest BCUT2D eigenvalue weighted by molar-refractivity contribution is 5.97. The van der Waals surface area contributed by atoms with E-state index >= 15 is 0 Å². The molecule has 3 heteroatoms. The maximum absolute atomic E-state index is 10.6. The summed E-state index contributed by atoms with van der Waals surface area (Å²) in [5.74, 6) is 0. The van der Waals surface area contributed by atoms with E-state index in [-0.39, 0.29) is 0 Å². The van der Waals surface area contributed by atoms with Crippen molar-refractivity contribution >= 4 is 23.0 Å². The number of aromatic nitrogens is 1. The van der Waals surface area contributed by atoms with Crippen molar-refractivity contribution in [3.63, 3.8) is 0 Å². The molecule has 0 bridgehead atoms. The van der Waals surface area contributed by atoms with E-state index in [9.17, 15) is 4.79 Å². The summed E-state index contributed by atoms with van der Waals surface area (Å²) in [5, 5.41) is 4.06. The molecule has 0 spiro atoms. The van der Waals surface area contributed by atoms with Crippen LogP contribution in [0, 0.1) is 0 Å². The number of hydrogen-bond donors (Lipinski definition) is 2. The highest BCUT2D eigenvalue weighted by Gasteiger charge is 2.14. The topological polar surface area (TPSA) is 44.9 Å². The van der Waals surface area contributed by atoms with Gasteiger partial charge >= 0.3 is 0 Å². The van der Waals surface area contributed by atoms with Crippen LogP contribution in [0.1, 0.15) is 36.9 Å². The lowest BCUT2D eigenvalue weighted by Gasteiger charge is -2.09. The number of carbonyl (C=O) groups is 1. The van der Waals surface area contributed by atoms with Gasteiger partial charge < -0.3 is 10.3 Å². The first-order chi connectivity index (χ1) is 8.90. The van der Waals surface area contributed by atoms with Crippen LogP contribution in [0.25, 0.3) is 10.9 Å². The summed E-state index contributed by atoms with van der Waals surface area (Å²) >= 11 is 0. The molecular formula is C15H18N2O. The summed E-state index contributed by atoms with van der Waals surface area (Å²) in [6.45, 7) is 0. The Morgan fingerprint density at radius 2 is 1.94 bits per heavy atom. The van der Waals surface area contributed by atoms with Crippen molar-refractivity contribution in [3.05, 3.63) is 29.5 Å². The average molecular weight is 242 g/mol. The minimum atomic E-state index is 0.743. The molecule has 0 radical (unpaired) electrons. The van der Waals surface area contributed by atoms with E-state index in [4.69, 9.17) is 0 Å². The van der Waals surface area contributed by atoms with Gasteiger partial charge in [0.05, 0.1) is 11.2 Å². The molecule has 3 nitrogen and oxygen atoms in total. The van der Waals surface area contributed by atoms with Crippen LogP contribution in [0.15, 0.2) is 18.2 Å². The summed E-state index contributed by atoms with van der Waals surface area (Å²) in [4.78, 5) is 14.2. The predicted molar refractivity (Wildman–Crippen MR) is 73.9 cm³/mol. The first-order valence-electron chi connectivity index (χ1n) is 6.73. The zero-order valence-corrected chi connectivity index (χ0v) is 10.5. The third-order valence-electron chi connectivity index (χ3n) is 3.85. The molecule has 94 valence electrons. The fourth-order valence-electron chi connectivity index (χ4n) is 2.97.